The Morgan fingerprint density at radius 1 is 1.14 bits per heavy atom. The Bertz CT molecular complexity index is 363. The monoisotopic (exact) mass is 297 g/mol. The van der Waals surface area contributed by atoms with Crippen molar-refractivity contribution in [2.75, 3.05) is 19.6 Å². The van der Waals surface area contributed by atoms with Crippen LogP contribution in [0.5, 0.6) is 0 Å². The summed E-state index contributed by atoms with van der Waals surface area (Å²) in [4.78, 5) is 25.1. The molecule has 6 heteroatoms. The highest BCUT2D eigenvalue weighted by molar-refractivity contribution is 5.74. The second kappa shape index (κ2) is 7.64. The van der Waals surface area contributed by atoms with E-state index in [0.29, 0.717) is 19.4 Å². The summed E-state index contributed by atoms with van der Waals surface area (Å²) in [5.41, 5.74) is 0. The predicted octanol–water partition coefficient (Wildman–Crippen LogP) is 1.41. The fourth-order valence-electron chi connectivity index (χ4n) is 3.07. The lowest BCUT2D eigenvalue weighted by Gasteiger charge is -2.27. The van der Waals surface area contributed by atoms with Crippen molar-refractivity contribution in [3.63, 3.8) is 0 Å². The SMILES string of the molecule is CCN(CCNC(=O)NC1CCC(C(=O)O)CC1)C1CC1. The zero-order chi connectivity index (χ0) is 15.2. The van der Waals surface area contributed by atoms with Crippen LogP contribution in [0.15, 0.2) is 0 Å². The molecular weight excluding hydrogens is 270 g/mol. The molecule has 2 amide bonds. The van der Waals surface area contributed by atoms with Crippen molar-refractivity contribution in [3.8, 4) is 0 Å². The molecular formula is C15H27N3O3. The topological polar surface area (TPSA) is 81.7 Å². The van der Waals surface area contributed by atoms with Crippen LogP contribution in [0.25, 0.3) is 0 Å². The number of nitrogens with one attached hydrogen (secondary N) is 2. The number of carbonyl (C=O) groups excluding carboxylic acids is 1. The Kier molecular flexibility index (Phi) is 5.85. The van der Waals surface area contributed by atoms with Crippen LogP contribution in [-0.4, -0.2) is 53.7 Å². The number of rotatable bonds is 7. The van der Waals surface area contributed by atoms with Crippen LogP contribution in [0.2, 0.25) is 0 Å². The maximum atomic E-state index is 11.8. The van der Waals surface area contributed by atoms with Crippen LogP contribution in [0.1, 0.15) is 45.4 Å². The lowest BCUT2D eigenvalue weighted by Crippen LogP contribution is -2.46. The van der Waals surface area contributed by atoms with Crippen molar-refractivity contribution in [3.05, 3.63) is 0 Å². The third-order valence-electron chi connectivity index (χ3n) is 4.57. The number of carboxylic acid groups (broad SMARTS) is 1. The van der Waals surface area contributed by atoms with E-state index in [1.165, 1.54) is 12.8 Å². The van der Waals surface area contributed by atoms with Gasteiger partial charge in [-0.2, -0.15) is 0 Å². The molecule has 2 rings (SSSR count). The maximum absolute atomic E-state index is 11.8. The van der Waals surface area contributed by atoms with Crippen molar-refractivity contribution in [2.24, 2.45) is 5.92 Å². The molecule has 2 saturated carbocycles. The van der Waals surface area contributed by atoms with Gasteiger partial charge >= 0.3 is 12.0 Å². The Labute approximate surface area is 126 Å². The van der Waals surface area contributed by atoms with Gasteiger partial charge in [-0.1, -0.05) is 6.92 Å². The fourth-order valence-corrected chi connectivity index (χ4v) is 3.07. The van der Waals surface area contributed by atoms with Crippen molar-refractivity contribution in [2.45, 2.75) is 57.5 Å². The first-order valence-corrected chi connectivity index (χ1v) is 8.11. The highest BCUT2D eigenvalue weighted by Crippen LogP contribution is 2.26. The Morgan fingerprint density at radius 3 is 2.33 bits per heavy atom. The molecule has 2 aliphatic rings. The van der Waals surface area contributed by atoms with Gasteiger partial charge in [0.25, 0.3) is 0 Å². The number of carboxylic acids is 1. The Hall–Kier alpha value is -1.30. The van der Waals surface area contributed by atoms with Gasteiger partial charge < -0.3 is 15.7 Å². The smallest absolute Gasteiger partial charge is 0.315 e. The maximum Gasteiger partial charge on any atom is 0.315 e. The molecule has 21 heavy (non-hydrogen) atoms. The van der Waals surface area contributed by atoms with E-state index in [1.807, 2.05) is 0 Å². The van der Waals surface area contributed by atoms with Gasteiger partial charge in [0.2, 0.25) is 0 Å². The molecule has 0 bridgehead atoms. The standard InChI is InChI=1S/C15H27N3O3/c1-2-18(13-7-8-13)10-9-16-15(21)17-12-5-3-11(4-6-12)14(19)20/h11-13H,2-10H2,1H3,(H,19,20)(H2,16,17,21). The van der Waals surface area contributed by atoms with Gasteiger partial charge in [0.1, 0.15) is 0 Å². The van der Waals surface area contributed by atoms with Gasteiger partial charge in [0.05, 0.1) is 5.92 Å². The lowest BCUT2D eigenvalue weighted by atomic mass is 9.86. The molecule has 120 valence electrons. The number of nitrogens with zero attached hydrogens (tertiary/aromatic N) is 1. The summed E-state index contributed by atoms with van der Waals surface area (Å²) in [6.45, 7) is 4.76. The summed E-state index contributed by atoms with van der Waals surface area (Å²) in [6, 6.07) is 0.720. The summed E-state index contributed by atoms with van der Waals surface area (Å²) in [5.74, 6) is -0.944. The van der Waals surface area contributed by atoms with E-state index >= 15 is 0 Å². The second-order valence-corrected chi connectivity index (χ2v) is 6.15. The number of carbonyl (C=O) groups is 2. The summed E-state index contributed by atoms with van der Waals surface area (Å²) in [6.07, 6.45) is 5.40. The number of urea groups is 1. The number of hydrogen-bond donors (Lipinski definition) is 3. The molecule has 0 unspecified atom stereocenters. The van der Waals surface area contributed by atoms with E-state index < -0.39 is 5.97 Å². The summed E-state index contributed by atoms with van der Waals surface area (Å²) in [5, 5.41) is 14.8. The number of hydrogen-bond acceptors (Lipinski definition) is 3. The average Bonchev–Trinajstić information content (AvgIpc) is 3.29. The minimum atomic E-state index is -0.711. The quantitative estimate of drug-likeness (QED) is 0.663. The molecule has 0 aliphatic heterocycles. The highest BCUT2D eigenvalue weighted by Gasteiger charge is 2.28. The van der Waals surface area contributed by atoms with E-state index in [9.17, 15) is 9.59 Å². The Balaban J connectivity index is 1.58. The molecule has 0 aromatic rings. The molecule has 2 fully saturated rings. The molecule has 0 aromatic heterocycles. The average molecular weight is 297 g/mol. The van der Waals surface area contributed by atoms with Crippen LogP contribution in [0.4, 0.5) is 4.79 Å². The number of likely N-dealkylation sites (N-methyl/N-ethyl adjacent to an activating group) is 1. The predicted molar refractivity (Wildman–Crippen MR) is 80.2 cm³/mol. The second-order valence-electron chi connectivity index (χ2n) is 6.15. The van der Waals surface area contributed by atoms with Gasteiger partial charge in [-0.3, -0.25) is 9.69 Å². The summed E-state index contributed by atoms with van der Waals surface area (Å²) >= 11 is 0. The molecule has 0 spiro atoms. The van der Waals surface area contributed by atoms with Crippen molar-refractivity contribution < 1.29 is 14.7 Å². The molecule has 0 atom stereocenters. The normalized spacial score (nSPS) is 25.6. The third-order valence-corrected chi connectivity index (χ3v) is 4.57. The first kappa shape index (κ1) is 16.1. The minimum Gasteiger partial charge on any atom is -0.481 e. The number of amides is 2. The molecule has 0 radical (unpaired) electrons. The van der Waals surface area contributed by atoms with Crippen LogP contribution in [0, 0.1) is 5.92 Å². The molecule has 0 saturated heterocycles. The molecule has 6 nitrogen and oxygen atoms in total. The van der Waals surface area contributed by atoms with Crippen LogP contribution >= 0.6 is 0 Å². The zero-order valence-electron chi connectivity index (χ0n) is 12.8. The van der Waals surface area contributed by atoms with E-state index in [0.717, 1.165) is 32.0 Å². The molecule has 3 N–H and O–H groups in total. The van der Waals surface area contributed by atoms with Gasteiger partial charge in [0, 0.05) is 25.2 Å². The van der Waals surface area contributed by atoms with Crippen LogP contribution in [0.3, 0.4) is 0 Å². The van der Waals surface area contributed by atoms with Gasteiger partial charge in [-0.05, 0) is 45.1 Å². The van der Waals surface area contributed by atoms with E-state index in [2.05, 4.69) is 22.5 Å². The van der Waals surface area contributed by atoms with Crippen molar-refractivity contribution in [1.29, 1.82) is 0 Å². The molecule has 0 heterocycles. The van der Waals surface area contributed by atoms with Crippen LogP contribution in [-0.2, 0) is 4.79 Å². The first-order valence-electron chi connectivity index (χ1n) is 8.11. The van der Waals surface area contributed by atoms with Gasteiger partial charge in [-0.25, -0.2) is 4.79 Å². The third kappa shape index (κ3) is 5.19. The first-order chi connectivity index (χ1) is 10.1. The largest absolute Gasteiger partial charge is 0.481 e. The van der Waals surface area contributed by atoms with Crippen molar-refractivity contribution in [1.82, 2.24) is 15.5 Å². The van der Waals surface area contributed by atoms with Gasteiger partial charge in [0.15, 0.2) is 0 Å². The van der Waals surface area contributed by atoms with Crippen molar-refractivity contribution >= 4 is 12.0 Å². The van der Waals surface area contributed by atoms with E-state index in [-0.39, 0.29) is 18.0 Å². The summed E-state index contributed by atoms with van der Waals surface area (Å²) < 4.78 is 0. The molecule has 0 aromatic carbocycles. The summed E-state index contributed by atoms with van der Waals surface area (Å²) in [7, 11) is 0. The van der Waals surface area contributed by atoms with E-state index in [4.69, 9.17) is 5.11 Å². The minimum absolute atomic E-state index is 0.117. The Morgan fingerprint density at radius 2 is 1.81 bits per heavy atom. The highest BCUT2D eigenvalue weighted by atomic mass is 16.4. The zero-order valence-corrected chi connectivity index (χ0v) is 12.8. The van der Waals surface area contributed by atoms with E-state index in [1.54, 1.807) is 0 Å². The fraction of sp³-hybridized carbons (Fsp3) is 0.867. The lowest BCUT2D eigenvalue weighted by molar-refractivity contribution is -0.142. The van der Waals surface area contributed by atoms with Crippen LogP contribution < -0.4 is 10.6 Å². The number of aliphatic carboxylic acids is 1. The van der Waals surface area contributed by atoms with Gasteiger partial charge in [-0.15, -0.1) is 0 Å². The molecule has 2 aliphatic carbocycles.